The summed E-state index contributed by atoms with van der Waals surface area (Å²) in [5.74, 6) is 1.44. The first-order chi connectivity index (χ1) is 17.7. The van der Waals surface area contributed by atoms with E-state index < -0.39 is 0 Å². The van der Waals surface area contributed by atoms with Gasteiger partial charge in [0.15, 0.2) is 11.6 Å². The first kappa shape index (κ1) is 22.3. The topological polar surface area (TPSA) is 81.5 Å². The van der Waals surface area contributed by atoms with Crippen LogP contribution in [0, 0.1) is 6.92 Å². The van der Waals surface area contributed by atoms with E-state index in [1.165, 1.54) is 0 Å². The molecule has 0 aliphatic heterocycles. The monoisotopic (exact) mass is 492 g/mol. The van der Waals surface area contributed by atoms with Gasteiger partial charge in [0.25, 0.3) is 0 Å². The predicted octanol–water partition coefficient (Wildman–Crippen LogP) is 6.14. The third kappa shape index (κ3) is 4.56. The Morgan fingerprint density at radius 1 is 0.972 bits per heavy atom. The smallest absolute Gasteiger partial charge is 0.181 e. The highest BCUT2D eigenvalue weighted by Gasteiger charge is 2.17. The number of thiophene rings is 1. The fourth-order valence-electron chi connectivity index (χ4n) is 4.17. The van der Waals surface area contributed by atoms with Crippen molar-refractivity contribution in [2.45, 2.75) is 20.1 Å². The summed E-state index contributed by atoms with van der Waals surface area (Å²) in [6.07, 6.45) is 1.69. The van der Waals surface area contributed by atoms with Gasteiger partial charge in [-0.15, -0.1) is 11.3 Å². The Balaban J connectivity index is 1.32. The molecule has 0 amide bonds. The van der Waals surface area contributed by atoms with Crippen molar-refractivity contribution in [1.29, 1.82) is 0 Å². The van der Waals surface area contributed by atoms with E-state index in [4.69, 9.17) is 19.8 Å². The average molecular weight is 493 g/mol. The van der Waals surface area contributed by atoms with Crippen molar-refractivity contribution in [2.75, 3.05) is 6.61 Å². The summed E-state index contributed by atoms with van der Waals surface area (Å²) in [7, 11) is 0. The summed E-state index contributed by atoms with van der Waals surface area (Å²) in [5, 5.41) is 6.94. The molecule has 0 unspecified atom stereocenters. The number of rotatable bonds is 8. The summed E-state index contributed by atoms with van der Waals surface area (Å²) >= 11 is 1.68. The third-order valence-corrected chi connectivity index (χ3v) is 6.90. The molecule has 0 saturated heterocycles. The highest BCUT2D eigenvalue weighted by molar-refractivity contribution is 7.13. The number of aromatic nitrogens is 6. The maximum absolute atomic E-state index is 5.96. The van der Waals surface area contributed by atoms with Crippen LogP contribution in [0.5, 0.6) is 0 Å². The number of nitrogens with zero attached hydrogens (tertiary/aromatic N) is 5. The zero-order chi connectivity index (χ0) is 24.3. The number of ether oxygens (including phenoxy) is 1. The lowest BCUT2D eigenvalue weighted by atomic mass is 10.1. The number of pyridine rings is 1. The van der Waals surface area contributed by atoms with Crippen LogP contribution in [0.15, 0.2) is 84.5 Å². The van der Waals surface area contributed by atoms with Gasteiger partial charge in [0.05, 0.1) is 47.7 Å². The van der Waals surface area contributed by atoms with Gasteiger partial charge in [0, 0.05) is 16.8 Å². The molecular weight excluding hydrogens is 468 g/mol. The Morgan fingerprint density at radius 3 is 2.72 bits per heavy atom. The lowest BCUT2D eigenvalue weighted by Crippen LogP contribution is -2.10. The zero-order valence-electron chi connectivity index (χ0n) is 19.8. The van der Waals surface area contributed by atoms with Crippen LogP contribution >= 0.6 is 11.3 Å². The molecule has 0 spiro atoms. The molecule has 8 heteroatoms. The highest BCUT2D eigenvalue weighted by Crippen LogP contribution is 2.29. The molecule has 0 aliphatic carbocycles. The van der Waals surface area contributed by atoms with E-state index in [0.717, 1.165) is 49.8 Å². The van der Waals surface area contributed by atoms with Crippen molar-refractivity contribution >= 4 is 22.4 Å². The summed E-state index contributed by atoms with van der Waals surface area (Å²) in [5.41, 5.74) is 6.78. The van der Waals surface area contributed by atoms with Crippen LogP contribution in [-0.4, -0.2) is 36.3 Å². The molecular formula is C28H24N6OS. The van der Waals surface area contributed by atoms with E-state index in [-0.39, 0.29) is 0 Å². The van der Waals surface area contributed by atoms with E-state index in [2.05, 4.69) is 45.7 Å². The van der Waals surface area contributed by atoms with Crippen molar-refractivity contribution in [2.24, 2.45) is 0 Å². The minimum Gasteiger partial charge on any atom is -0.375 e. The molecule has 7 nitrogen and oxygen atoms in total. The zero-order valence-corrected chi connectivity index (χ0v) is 20.6. The second-order valence-corrected chi connectivity index (χ2v) is 9.41. The summed E-state index contributed by atoms with van der Waals surface area (Å²) in [4.78, 5) is 18.5. The van der Waals surface area contributed by atoms with E-state index in [1.54, 1.807) is 17.7 Å². The van der Waals surface area contributed by atoms with Gasteiger partial charge in [-0.25, -0.2) is 14.6 Å². The first-order valence-electron chi connectivity index (χ1n) is 11.8. The molecule has 0 bridgehead atoms. The van der Waals surface area contributed by atoms with Gasteiger partial charge in [-0.1, -0.05) is 36.4 Å². The Labute approximate surface area is 212 Å². The number of aromatic amines is 1. The second kappa shape index (κ2) is 9.85. The van der Waals surface area contributed by atoms with E-state index in [9.17, 15) is 0 Å². The molecule has 0 fully saturated rings. The molecule has 0 aliphatic rings. The Bertz CT molecular complexity index is 1600. The van der Waals surface area contributed by atoms with Crippen molar-refractivity contribution < 1.29 is 4.74 Å². The molecule has 4 heterocycles. The number of benzene rings is 2. The van der Waals surface area contributed by atoms with E-state index in [1.807, 2.05) is 54.1 Å². The number of H-pyrrole nitrogens is 1. The average Bonchev–Trinajstić information content (AvgIpc) is 3.68. The van der Waals surface area contributed by atoms with Gasteiger partial charge >= 0.3 is 0 Å². The van der Waals surface area contributed by atoms with Gasteiger partial charge < -0.3 is 9.72 Å². The van der Waals surface area contributed by atoms with Crippen LogP contribution in [0.3, 0.4) is 0 Å². The Kier molecular flexibility index (Phi) is 6.11. The summed E-state index contributed by atoms with van der Waals surface area (Å²) in [6.45, 7) is 3.68. The highest BCUT2D eigenvalue weighted by atomic mass is 32.1. The van der Waals surface area contributed by atoms with Crippen molar-refractivity contribution in [3.8, 4) is 33.3 Å². The standard InChI is InChI=1S/C28H24N6OS/c1-19-22(10-12-24(31-19)26-8-5-15-36-26)28-32-27(21-9-11-23-25(16-21)30-18-29-23)33-34(28)13-14-35-17-20-6-3-2-4-7-20/h2-12,15-16,18H,13-14,17H2,1H3,(H,29,30). The Hall–Kier alpha value is -4.14. The fourth-order valence-corrected chi connectivity index (χ4v) is 4.86. The first-order valence-corrected chi connectivity index (χ1v) is 12.6. The van der Waals surface area contributed by atoms with Crippen molar-refractivity contribution in [3.05, 3.63) is 95.8 Å². The van der Waals surface area contributed by atoms with Gasteiger partial charge in [0.1, 0.15) is 0 Å². The molecule has 0 saturated carbocycles. The molecule has 2 aromatic carbocycles. The molecule has 0 atom stereocenters. The van der Waals surface area contributed by atoms with E-state index >= 15 is 0 Å². The summed E-state index contributed by atoms with van der Waals surface area (Å²) < 4.78 is 7.88. The maximum Gasteiger partial charge on any atom is 0.181 e. The number of aryl methyl sites for hydroxylation is 1. The molecule has 36 heavy (non-hydrogen) atoms. The lowest BCUT2D eigenvalue weighted by molar-refractivity contribution is 0.111. The van der Waals surface area contributed by atoms with E-state index in [0.29, 0.717) is 25.6 Å². The quantitative estimate of drug-likeness (QED) is 0.258. The lowest BCUT2D eigenvalue weighted by Gasteiger charge is -2.10. The van der Waals surface area contributed by atoms with Crippen LogP contribution in [0.2, 0.25) is 0 Å². The molecule has 1 N–H and O–H groups in total. The third-order valence-electron chi connectivity index (χ3n) is 6.01. The van der Waals surface area contributed by atoms with Gasteiger partial charge in [0.2, 0.25) is 0 Å². The fraction of sp³-hybridized carbons (Fsp3) is 0.143. The van der Waals surface area contributed by atoms with Crippen LogP contribution in [0.4, 0.5) is 0 Å². The van der Waals surface area contributed by atoms with Gasteiger partial charge in [-0.3, -0.25) is 4.98 Å². The number of fused-ring (bicyclic) bond motifs is 1. The normalized spacial score (nSPS) is 11.4. The predicted molar refractivity (Wildman–Crippen MR) is 142 cm³/mol. The SMILES string of the molecule is Cc1nc(-c2cccs2)ccc1-c1nc(-c2ccc3nc[nH]c3c2)nn1CCOCc1ccccc1. The molecule has 6 rings (SSSR count). The van der Waals surface area contributed by atoms with Crippen molar-refractivity contribution in [1.82, 2.24) is 29.7 Å². The Morgan fingerprint density at radius 2 is 1.89 bits per heavy atom. The van der Waals surface area contributed by atoms with Crippen molar-refractivity contribution in [3.63, 3.8) is 0 Å². The van der Waals surface area contributed by atoms with Gasteiger partial charge in [-0.05, 0) is 54.3 Å². The minimum absolute atomic E-state index is 0.518. The number of hydrogen-bond acceptors (Lipinski definition) is 6. The number of nitrogens with one attached hydrogen (secondary N) is 1. The molecule has 4 aromatic heterocycles. The van der Waals surface area contributed by atoms with Gasteiger partial charge in [-0.2, -0.15) is 5.10 Å². The second-order valence-electron chi connectivity index (χ2n) is 8.46. The van der Waals surface area contributed by atoms with Crippen LogP contribution in [-0.2, 0) is 17.9 Å². The minimum atomic E-state index is 0.518. The molecule has 6 aromatic rings. The summed E-state index contributed by atoms with van der Waals surface area (Å²) in [6, 6.07) is 24.5. The van der Waals surface area contributed by atoms with Crippen LogP contribution in [0.1, 0.15) is 11.3 Å². The molecule has 178 valence electrons. The largest absolute Gasteiger partial charge is 0.375 e. The van der Waals surface area contributed by atoms with Crippen LogP contribution < -0.4 is 0 Å². The number of hydrogen-bond donors (Lipinski definition) is 1. The number of imidazole rings is 1. The maximum atomic E-state index is 5.96. The van der Waals surface area contributed by atoms with Crippen LogP contribution in [0.25, 0.3) is 44.4 Å². The molecule has 0 radical (unpaired) electrons.